The summed E-state index contributed by atoms with van der Waals surface area (Å²) in [5.74, 6) is 0.129. The molecule has 23 heavy (non-hydrogen) atoms. The van der Waals surface area contributed by atoms with Crippen molar-refractivity contribution in [3.05, 3.63) is 54.6 Å². The van der Waals surface area contributed by atoms with Gasteiger partial charge in [0.15, 0.2) is 5.58 Å². The Morgan fingerprint density at radius 3 is 2.52 bits per heavy atom. The molecule has 0 radical (unpaired) electrons. The molecular formula is C17H11N3O2S. The maximum Gasteiger partial charge on any atom is 0.341 e. The lowest BCUT2D eigenvalue weighted by atomic mass is 10.1. The first-order chi connectivity index (χ1) is 11.2. The molecule has 3 aromatic carbocycles. The van der Waals surface area contributed by atoms with Crippen molar-refractivity contribution in [1.82, 2.24) is 4.98 Å². The van der Waals surface area contributed by atoms with Crippen LogP contribution in [0.1, 0.15) is 0 Å². The van der Waals surface area contributed by atoms with E-state index in [-0.39, 0.29) is 11.8 Å². The number of phenols is 1. The molecule has 1 heterocycles. The number of nitrogens with zero attached hydrogens (tertiary/aromatic N) is 3. The van der Waals surface area contributed by atoms with E-state index in [1.807, 2.05) is 48.5 Å². The van der Waals surface area contributed by atoms with Crippen LogP contribution in [-0.2, 0) is 0 Å². The summed E-state index contributed by atoms with van der Waals surface area (Å²) < 4.78 is 5.52. The summed E-state index contributed by atoms with van der Waals surface area (Å²) >= 11 is 4.27. The van der Waals surface area contributed by atoms with Gasteiger partial charge in [-0.05, 0) is 18.2 Å². The summed E-state index contributed by atoms with van der Waals surface area (Å²) in [7, 11) is 0. The number of aromatic hydroxyl groups is 1. The summed E-state index contributed by atoms with van der Waals surface area (Å²) in [5, 5.41) is 19.8. The monoisotopic (exact) mass is 321 g/mol. The van der Waals surface area contributed by atoms with Gasteiger partial charge < -0.3 is 9.52 Å². The summed E-state index contributed by atoms with van der Waals surface area (Å²) in [6.45, 7) is 0. The van der Waals surface area contributed by atoms with E-state index in [9.17, 15) is 5.11 Å². The van der Waals surface area contributed by atoms with E-state index in [0.29, 0.717) is 21.6 Å². The fourth-order valence-electron chi connectivity index (χ4n) is 2.41. The van der Waals surface area contributed by atoms with Gasteiger partial charge in [0.25, 0.3) is 0 Å². The van der Waals surface area contributed by atoms with E-state index in [1.54, 1.807) is 6.07 Å². The Hall–Kier alpha value is -2.86. The Balaban J connectivity index is 1.82. The summed E-state index contributed by atoms with van der Waals surface area (Å²) in [5.41, 5.74) is 1.98. The molecule has 0 amide bonds. The predicted molar refractivity (Wildman–Crippen MR) is 91.0 cm³/mol. The molecule has 0 saturated heterocycles. The fraction of sp³-hybridized carbons (Fsp3) is 0. The van der Waals surface area contributed by atoms with E-state index < -0.39 is 0 Å². The third kappa shape index (κ3) is 2.43. The number of fused-ring (bicyclic) bond motifs is 2. The Morgan fingerprint density at radius 2 is 1.70 bits per heavy atom. The number of hydrogen-bond acceptors (Lipinski definition) is 6. The normalized spacial score (nSPS) is 11.7. The minimum atomic E-state index is 0.129. The lowest BCUT2D eigenvalue weighted by Crippen LogP contribution is -1.77. The molecule has 1 N–H and O–H groups in total. The summed E-state index contributed by atoms with van der Waals surface area (Å²) in [6, 6.07) is 16.7. The number of azo groups is 1. The fourth-order valence-corrected chi connectivity index (χ4v) is 2.65. The van der Waals surface area contributed by atoms with Crippen molar-refractivity contribution in [2.45, 2.75) is 4.90 Å². The zero-order valence-electron chi connectivity index (χ0n) is 11.8. The minimum Gasteiger partial charge on any atom is -0.506 e. The molecule has 4 aromatic rings. The van der Waals surface area contributed by atoms with Gasteiger partial charge >= 0.3 is 6.01 Å². The van der Waals surface area contributed by atoms with Gasteiger partial charge in [0, 0.05) is 15.7 Å². The van der Waals surface area contributed by atoms with E-state index in [1.165, 1.54) is 0 Å². The molecular weight excluding hydrogens is 310 g/mol. The van der Waals surface area contributed by atoms with Crippen LogP contribution < -0.4 is 0 Å². The van der Waals surface area contributed by atoms with E-state index in [2.05, 4.69) is 27.8 Å². The van der Waals surface area contributed by atoms with Crippen molar-refractivity contribution in [3.8, 4) is 5.75 Å². The van der Waals surface area contributed by atoms with Crippen molar-refractivity contribution in [1.29, 1.82) is 0 Å². The van der Waals surface area contributed by atoms with Crippen LogP contribution in [0.5, 0.6) is 5.75 Å². The first-order valence-electron chi connectivity index (χ1n) is 6.93. The molecule has 5 nitrogen and oxygen atoms in total. The standard InChI is InChI=1S/C17H11N3O2S/c21-16-11-6-2-1-5-10(11)13(9-15(16)23)19-20-17-18-12-7-3-4-8-14(12)22-17/h1-9,21,23H. The molecule has 0 aliphatic carbocycles. The van der Waals surface area contributed by atoms with Crippen molar-refractivity contribution in [3.63, 3.8) is 0 Å². The number of hydrogen-bond donors (Lipinski definition) is 2. The lowest BCUT2D eigenvalue weighted by Gasteiger charge is -2.05. The maximum atomic E-state index is 10.1. The molecule has 0 saturated carbocycles. The average molecular weight is 321 g/mol. The number of benzene rings is 3. The van der Waals surface area contributed by atoms with Gasteiger partial charge in [-0.2, -0.15) is 4.98 Å². The average Bonchev–Trinajstić information content (AvgIpc) is 3.00. The largest absolute Gasteiger partial charge is 0.506 e. The Labute approximate surface area is 136 Å². The maximum absolute atomic E-state index is 10.1. The van der Waals surface area contributed by atoms with Gasteiger partial charge in [0.1, 0.15) is 11.3 Å². The number of aromatic nitrogens is 1. The molecule has 6 heteroatoms. The molecule has 1 aromatic heterocycles. The Kier molecular flexibility index (Phi) is 3.24. The zero-order chi connectivity index (χ0) is 15.8. The predicted octanol–water partition coefficient (Wildman–Crippen LogP) is 5.39. The van der Waals surface area contributed by atoms with Gasteiger partial charge in [0.05, 0.1) is 5.69 Å². The quantitative estimate of drug-likeness (QED) is 0.384. The molecule has 0 aliphatic rings. The smallest absolute Gasteiger partial charge is 0.341 e. The Bertz CT molecular complexity index is 1020. The molecule has 0 bridgehead atoms. The third-order valence-corrected chi connectivity index (χ3v) is 3.84. The molecule has 0 fully saturated rings. The van der Waals surface area contributed by atoms with Crippen molar-refractivity contribution in [2.75, 3.05) is 0 Å². The van der Waals surface area contributed by atoms with Crippen LogP contribution in [0.4, 0.5) is 11.7 Å². The third-order valence-electron chi connectivity index (χ3n) is 3.50. The number of oxazole rings is 1. The molecule has 0 unspecified atom stereocenters. The second-order valence-corrected chi connectivity index (χ2v) is 5.45. The van der Waals surface area contributed by atoms with Gasteiger partial charge in [-0.3, -0.25) is 0 Å². The topological polar surface area (TPSA) is 71.0 Å². The lowest BCUT2D eigenvalue weighted by molar-refractivity contribution is 0.469. The highest BCUT2D eigenvalue weighted by molar-refractivity contribution is 7.80. The summed E-state index contributed by atoms with van der Waals surface area (Å²) in [4.78, 5) is 4.69. The van der Waals surface area contributed by atoms with Crippen LogP contribution in [0.15, 0.2) is 74.1 Å². The van der Waals surface area contributed by atoms with E-state index in [4.69, 9.17) is 4.42 Å². The molecule has 0 atom stereocenters. The van der Waals surface area contributed by atoms with Gasteiger partial charge in [-0.15, -0.1) is 17.7 Å². The SMILES string of the molecule is Oc1c(S)cc(N=Nc2nc3ccccc3o2)c2ccccc12. The molecule has 0 aliphatic heterocycles. The highest BCUT2D eigenvalue weighted by atomic mass is 32.1. The van der Waals surface area contributed by atoms with Crippen LogP contribution in [-0.4, -0.2) is 10.1 Å². The van der Waals surface area contributed by atoms with E-state index in [0.717, 1.165) is 10.9 Å². The molecule has 0 spiro atoms. The van der Waals surface area contributed by atoms with Gasteiger partial charge in [-0.1, -0.05) is 41.5 Å². The van der Waals surface area contributed by atoms with Gasteiger partial charge in [-0.25, -0.2) is 0 Å². The second-order valence-electron chi connectivity index (χ2n) is 4.97. The zero-order valence-corrected chi connectivity index (χ0v) is 12.7. The first-order valence-corrected chi connectivity index (χ1v) is 7.38. The summed E-state index contributed by atoms with van der Waals surface area (Å²) in [6.07, 6.45) is 0. The molecule has 112 valence electrons. The number of para-hydroxylation sites is 2. The van der Waals surface area contributed by atoms with Gasteiger partial charge in [0.2, 0.25) is 0 Å². The van der Waals surface area contributed by atoms with Crippen LogP contribution >= 0.6 is 12.6 Å². The second kappa shape index (κ2) is 5.40. The molecule has 4 rings (SSSR count). The van der Waals surface area contributed by atoms with Crippen LogP contribution in [0.3, 0.4) is 0 Å². The van der Waals surface area contributed by atoms with Crippen molar-refractivity contribution >= 4 is 46.2 Å². The first kappa shape index (κ1) is 13.8. The van der Waals surface area contributed by atoms with Crippen molar-refractivity contribution < 1.29 is 9.52 Å². The van der Waals surface area contributed by atoms with Crippen molar-refractivity contribution in [2.24, 2.45) is 10.2 Å². The highest BCUT2D eigenvalue weighted by Gasteiger charge is 2.09. The highest BCUT2D eigenvalue weighted by Crippen LogP contribution is 2.38. The minimum absolute atomic E-state index is 0.129. The number of thiol groups is 1. The van der Waals surface area contributed by atoms with Crippen LogP contribution in [0, 0.1) is 0 Å². The number of rotatable bonds is 2. The van der Waals surface area contributed by atoms with Crippen LogP contribution in [0.2, 0.25) is 0 Å². The number of phenolic OH excluding ortho intramolecular Hbond substituents is 1. The van der Waals surface area contributed by atoms with Crippen LogP contribution in [0.25, 0.3) is 21.9 Å². The van der Waals surface area contributed by atoms with E-state index >= 15 is 0 Å². The Morgan fingerprint density at radius 1 is 0.957 bits per heavy atom.